The molecule has 1 aliphatic rings. The van der Waals surface area contributed by atoms with E-state index in [4.69, 9.17) is 0 Å². The van der Waals surface area contributed by atoms with Gasteiger partial charge in [0.15, 0.2) is 0 Å². The molecule has 0 bridgehead atoms. The van der Waals surface area contributed by atoms with E-state index >= 15 is 0 Å². The van der Waals surface area contributed by atoms with Gasteiger partial charge in [-0.1, -0.05) is 12.1 Å². The third-order valence-corrected chi connectivity index (χ3v) is 4.65. The SMILES string of the molecule is CC(Nc1ccc(C(C)(C)C#N)cc1)C1CCCN(C)C1. The number of benzene rings is 1. The maximum absolute atomic E-state index is 9.19. The summed E-state index contributed by atoms with van der Waals surface area (Å²) in [4.78, 5) is 2.42. The van der Waals surface area contributed by atoms with Gasteiger partial charge < -0.3 is 10.2 Å². The minimum absolute atomic E-state index is 0.420. The second kappa shape index (κ2) is 6.49. The number of likely N-dealkylation sites (tertiary alicyclic amines) is 1. The molecule has 1 aliphatic heterocycles. The minimum atomic E-state index is -0.420. The zero-order valence-corrected chi connectivity index (χ0v) is 13.7. The number of hydrogen-bond acceptors (Lipinski definition) is 3. The average molecular weight is 285 g/mol. The van der Waals surface area contributed by atoms with Crippen LogP contribution in [-0.4, -0.2) is 31.1 Å². The van der Waals surface area contributed by atoms with Crippen LogP contribution < -0.4 is 5.32 Å². The van der Waals surface area contributed by atoms with Crippen molar-refractivity contribution < 1.29 is 0 Å². The van der Waals surface area contributed by atoms with Crippen LogP contribution in [0.25, 0.3) is 0 Å². The van der Waals surface area contributed by atoms with Crippen LogP contribution in [0.5, 0.6) is 0 Å². The summed E-state index contributed by atoms with van der Waals surface area (Å²) in [6.45, 7) is 8.58. The molecular formula is C18H27N3. The lowest BCUT2D eigenvalue weighted by atomic mass is 9.86. The lowest BCUT2D eigenvalue weighted by molar-refractivity contribution is 0.197. The largest absolute Gasteiger partial charge is 0.382 e. The molecule has 0 amide bonds. The molecule has 1 saturated heterocycles. The number of nitrogens with one attached hydrogen (secondary N) is 1. The smallest absolute Gasteiger partial charge is 0.0766 e. The van der Waals surface area contributed by atoms with Crippen molar-refractivity contribution in [3.8, 4) is 6.07 Å². The van der Waals surface area contributed by atoms with Crippen molar-refractivity contribution in [1.82, 2.24) is 4.90 Å². The monoisotopic (exact) mass is 285 g/mol. The number of nitriles is 1. The van der Waals surface area contributed by atoms with Crippen molar-refractivity contribution in [3.63, 3.8) is 0 Å². The van der Waals surface area contributed by atoms with Gasteiger partial charge in [0.25, 0.3) is 0 Å². The van der Waals surface area contributed by atoms with Crippen molar-refractivity contribution >= 4 is 5.69 Å². The molecule has 2 unspecified atom stereocenters. The predicted octanol–water partition coefficient (Wildman–Crippen LogP) is 3.63. The van der Waals surface area contributed by atoms with E-state index in [0.29, 0.717) is 12.0 Å². The molecule has 1 heterocycles. The quantitative estimate of drug-likeness (QED) is 0.918. The van der Waals surface area contributed by atoms with Gasteiger partial charge in [-0.25, -0.2) is 0 Å². The Hall–Kier alpha value is -1.53. The fraction of sp³-hybridized carbons (Fsp3) is 0.611. The number of hydrogen-bond donors (Lipinski definition) is 1. The molecule has 1 aromatic rings. The molecule has 21 heavy (non-hydrogen) atoms. The molecule has 1 fully saturated rings. The molecule has 0 saturated carbocycles. The van der Waals surface area contributed by atoms with E-state index in [-0.39, 0.29) is 0 Å². The zero-order chi connectivity index (χ0) is 15.5. The highest BCUT2D eigenvalue weighted by Gasteiger charge is 2.23. The second-order valence-corrected chi connectivity index (χ2v) is 6.91. The number of nitrogens with zero attached hydrogens (tertiary/aromatic N) is 2. The third kappa shape index (κ3) is 3.98. The zero-order valence-electron chi connectivity index (χ0n) is 13.7. The molecule has 0 aromatic heterocycles. The standard InChI is InChI=1S/C18H27N3/c1-14(15-6-5-11-21(4)12-15)20-17-9-7-16(8-10-17)18(2,3)13-19/h7-10,14-15,20H,5-6,11-12H2,1-4H3. The summed E-state index contributed by atoms with van der Waals surface area (Å²) < 4.78 is 0. The average Bonchev–Trinajstić information content (AvgIpc) is 2.48. The molecule has 114 valence electrons. The first kappa shape index (κ1) is 15.9. The van der Waals surface area contributed by atoms with Gasteiger partial charge >= 0.3 is 0 Å². The Labute approximate surface area is 129 Å². The summed E-state index contributed by atoms with van der Waals surface area (Å²) in [6, 6.07) is 11.1. The van der Waals surface area contributed by atoms with Crippen LogP contribution in [0.15, 0.2) is 24.3 Å². The third-order valence-electron chi connectivity index (χ3n) is 4.65. The fourth-order valence-electron chi connectivity index (χ4n) is 3.04. The topological polar surface area (TPSA) is 39.1 Å². The molecular weight excluding hydrogens is 258 g/mol. The Morgan fingerprint density at radius 1 is 1.33 bits per heavy atom. The van der Waals surface area contributed by atoms with Crippen molar-refractivity contribution in [1.29, 1.82) is 5.26 Å². The summed E-state index contributed by atoms with van der Waals surface area (Å²) in [7, 11) is 2.21. The van der Waals surface area contributed by atoms with Crippen molar-refractivity contribution in [2.45, 2.75) is 45.1 Å². The first-order valence-electron chi connectivity index (χ1n) is 7.89. The Morgan fingerprint density at radius 3 is 2.57 bits per heavy atom. The maximum atomic E-state index is 9.19. The van der Waals surface area contributed by atoms with Gasteiger partial charge in [0.05, 0.1) is 11.5 Å². The molecule has 2 atom stereocenters. The predicted molar refractivity (Wildman–Crippen MR) is 88.4 cm³/mol. The number of anilines is 1. The highest BCUT2D eigenvalue weighted by molar-refractivity contribution is 5.47. The Kier molecular flexibility index (Phi) is 4.90. The molecule has 1 aromatic carbocycles. The second-order valence-electron chi connectivity index (χ2n) is 6.91. The van der Waals surface area contributed by atoms with E-state index in [0.717, 1.165) is 11.3 Å². The molecule has 3 heteroatoms. The lowest BCUT2D eigenvalue weighted by Gasteiger charge is -2.34. The van der Waals surface area contributed by atoms with Crippen molar-refractivity contribution in [2.24, 2.45) is 5.92 Å². The molecule has 0 aliphatic carbocycles. The Morgan fingerprint density at radius 2 is 2.00 bits per heavy atom. The van der Waals surface area contributed by atoms with Crippen LogP contribution >= 0.6 is 0 Å². The van der Waals surface area contributed by atoms with Crippen LogP contribution in [0.1, 0.15) is 39.2 Å². The highest BCUT2D eigenvalue weighted by atomic mass is 15.1. The normalized spacial score (nSPS) is 21.6. The molecule has 3 nitrogen and oxygen atoms in total. The maximum Gasteiger partial charge on any atom is 0.0766 e. The number of piperidine rings is 1. The molecule has 2 rings (SSSR count). The van der Waals surface area contributed by atoms with Crippen molar-refractivity contribution in [3.05, 3.63) is 29.8 Å². The van der Waals surface area contributed by atoms with Gasteiger partial charge in [0.2, 0.25) is 0 Å². The van der Waals surface area contributed by atoms with Gasteiger partial charge in [0, 0.05) is 18.3 Å². The molecule has 0 radical (unpaired) electrons. The fourth-order valence-corrected chi connectivity index (χ4v) is 3.04. The summed E-state index contributed by atoms with van der Waals surface area (Å²) in [6.07, 6.45) is 2.60. The lowest BCUT2D eigenvalue weighted by Crippen LogP contribution is -2.39. The van der Waals surface area contributed by atoms with Crippen LogP contribution in [0, 0.1) is 17.2 Å². The van der Waals surface area contributed by atoms with Crippen LogP contribution in [0.3, 0.4) is 0 Å². The van der Waals surface area contributed by atoms with E-state index < -0.39 is 5.41 Å². The summed E-state index contributed by atoms with van der Waals surface area (Å²) in [5.41, 5.74) is 1.80. The minimum Gasteiger partial charge on any atom is -0.382 e. The van der Waals surface area contributed by atoms with Gasteiger partial charge in [-0.3, -0.25) is 0 Å². The summed E-state index contributed by atoms with van der Waals surface area (Å²) in [5, 5.41) is 12.8. The molecule has 1 N–H and O–H groups in total. The van der Waals surface area contributed by atoms with Crippen LogP contribution in [0.4, 0.5) is 5.69 Å². The van der Waals surface area contributed by atoms with E-state index in [1.165, 1.54) is 25.9 Å². The van der Waals surface area contributed by atoms with E-state index in [1.807, 2.05) is 13.8 Å². The summed E-state index contributed by atoms with van der Waals surface area (Å²) >= 11 is 0. The Balaban J connectivity index is 1.98. The van der Waals surface area contributed by atoms with Gasteiger partial charge in [0.1, 0.15) is 0 Å². The van der Waals surface area contributed by atoms with Crippen LogP contribution in [0.2, 0.25) is 0 Å². The van der Waals surface area contributed by atoms with Gasteiger partial charge in [-0.2, -0.15) is 5.26 Å². The van der Waals surface area contributed by atoms with E-state index in [1.54, 1.807) is 0 Å². The highest BCUT2D eigenvalue weighted by Crippen LogP contribution is 2.25. The van der Waals surface area contributed by atoms with Crippen molar-refractivity contribution in [2.75, 3.05) is 25.5 Å². The summed E-state index contributed by atoms with van der Waals surface area (Å²) in [5.74, 6) is 0.707. The van der Waals surface area contributed by atoms with Gasteiger partial charge in [-0.15, -0.1) is 0 Å². The van der Waals surface area contributed by atoms with Crippen LogP contribution in [-0.2, 0) is 5.41 Å². The Bertz CT molecular complexity index is 498. The van der Waals surface area contributed by atoms with E-state index in [9.17, 15) is 5.26 Å². The van der Waals surface area contributed by atoms with E-state index in [2.05, 4.69) is 54.5 Å². The first-order valence-corrected chi connectivity index (χ1v) is 7.89. The first-order chi connectivity index (χ1) is 9.92. The van der Waals surface area contributed by atoms with Gasteiger partial charge in [-0.05, 0) is 70.8 Å². The molecule has 0 spiro atoms. The number of rotatable bonds is 4.